The van der Waals surface area contributed by atoms with Crippen LogP contribution in [0, 0.1) is 23.7 Å². The number of benzene rings is 4. The summed E-state index contributed by atoms with van der Waals surface area (Å²) in [6, 6.07) is 21.2. The van der Waals surface area contributed by atoms with E-state index in [4.69, 9.17) is 47.4 Å². The molecule has 0 spiro atoms. The summed E-state index contributed by atoms with van der Waals surface area (Å²) in [5.41, 5.74) is 0.548. The molecule has 0 saturated heterocycles. The van der Waals surface area contributed by atoms with E-state index < -0.39 is 35.8 Å². The summed E-state index contributed by atoms with van der Waals surface area (Å²) in [5, 5.41) is 0. The molecule has 0 bridgehead atoms. The Morgan fingerprint density at radius 1 is 0.530 bits per heavy atom. The summed E-state index contributed by atoms with van der Waals surface area (Å²) >= 11 is 0. The number of carbonyl (C=O) groups is 8. The average Bonchev–Trinajstić information content (AvgIpc) is 3.50. The van der Waals surface area contributed by atoms with Gasteiger partial charge in [-0.1, -0.05) is 60.6 Å². The molecule has 5 rings (SSSR count). The minimum Gasteiger partial charge on any atom is -0.494 e. The third-order valence-electron chi connectivity index (χ3n) is 12.8. The highest BCUT2D eigenvalue weighted by molar-refractivity contribution is 5.96. The Bertz CT molecular complexity index is 2690. The lowest BCUT2D eigenvalue weighted by molar-refractivity contribution is -0.140. The van der Waals surface area contributed by atoms with Gasteiger partial charge in [-0.2, -0.15) is 0 Å². The number of hydrogen-bond acceptors (Lipinski definition) is 19. The van der Waals surface area contributed by atoms with Crippen LogP contribution in [0.25, 0.3) is 0 Å². The highest BCUT2D eigenvalue weighted by Crippen LogP contribution is 2.32. The van der Waals surface area contributed by atoms with E-state index in [1.54, 1.807) is 55.6 Å². The topological polar surface area (TPSA) is 238 Å². The molecule has 0 aromatic heterocycles. The van der Waals surface area contributed by atoms with E-state index >= 15 is 0 Å². The average molecular weight is 1150 g/mol. The maximum absolute atomic E-state index is 13.0. The number of carbonyl (C=O) groups excluding carboxylic acids is 8. The van der Waals surface area contributed by atoms with Crippen LogP contribution in [-0.4, -0.2) is 102 Å². The quantitative estimate of drug-likeness (QED) is 0.0114. The second-order valence-corrected chi connectivity index (χ2v) is 19.4. The molecule has 1 aliphatic carbocycles. The fourth-order valence-corrected chi connectivity index (χ4v) is 7.18. The van der Waals surface area contributed by atoms with Crippen LogP contribution < -0.4 is 28.4 Å². The van der Waals surface area contributed by atoms with Crippen LogP contribution in [0.4, 0.5) is 0 Å². The van der Waals surface area contributed by atoms with Crippen molar-refractivity contribution < 1.29 is 90.5 Å². The van der Waals surface area contributed by atoms with Crippen molar-refractivity contribution in [1.82, 2.24) is 0 Å². The van der Waals surface area contributed by atoms with Crippen LogP contribution in [-0.2, 0) is 42.9 Å². The summed E-state index contributed by atoms with van der Waals surface area (Å²) in [5.74, 6) is -1.78. The summed E-state index contributed by atoms with van der Waals surface area (Å²) in [6.07, 6.45) is 9.98. The first-order valence-electron chi connectivity index (χ1n) is 27.9. The molecular weight excluding hydrogens is 1070 g/mol. The van der Waals surface area contributed by atoms with Gasteiger partial charge in [0.05, 0.1) is 56.7 Å². The van der Waals surface area contributed by atoms with E-state index in [1.807, 2.05) is 34.6 Å². The molecule has 1 saturated carbocycles. The molecule has 2 atom stereocenters. The fraction of sp³-hybridized carbons (Fsp3) is 0.438. The molecule has 83 heavy (non-hydrogen) atoms. The van der Waals surface area contributed by atoms with Gasteiger partial charge < -0.3 is 52.1 Å². The molecule has 0 aliphatic heterocycles. The second kappa shape index (κ2) is 39.2. The molecule has 0 amide bonds. The Hall–Kier alpha value is -8.32. The van der Waals surface area contributed by atoms with Gasteiger partial charge in [-0.15, -0.1) is 0 Å². The third-order valence-corrected chi connectivity index (χ3v) is 12.8. The third kappa shape index (κ3) is 26.4. The van der Waals surface area contributed by atoms with Crippen LogP contribution >= 0.6 is 0 Å². The second-order valence-electron chi connectivity index (χ2n) is 19.4. The van der Waals surface area contributed by atoms with Crippen molar-refractivity contribution in [3.63, 3.8) is 0 Å². The van der Waals surface area contributed by atoms with E-state index in [9.17, 15) is 38.4 Å². The Labute approximate surface area is 486 Å². The Morgan fingerprint density at radius 2 is 0.928 bits per heavy atom. The Balaban J connectivity index is 0.000000414. The van der Waals surface area contributed by atoms with Crippen molar-refractivity contribution in [2.75, 3.05) is 53.4 Å². The molecule has 1 aliphatic rings. The molecule has 0 radical (unpaired) electrons. The van der Waals surface area contributed by atoms with E-state index in [0.717, 1.165) is 57.3 Å². The van der Waals surface area contributed by atoms with E-state index in [-0.39, 0.29) is 88.7 Å². The molecule has 1 fully saturated rings. The van der Waals surface area contributed by atoms with Gasteiger partial charge in [-0.25, -0.2) is 28.8 Å². The van der Waals surface area contributed by atoms with Gasteiger partial charge in [-0.05, 0) is 161 Å². The lowest BCUT2D eigenvalue weighted by Crippen LogP contribution is -2.25. The summed E-state index contributed by atoms with van der Waals surface area (Å²) in [4.78, 5) is 96.6. The Morgan fingerprint density at radius 3 is 1.33 bits per heavy atom. The van der Waals surface area contributed by atoms with Crippen molar-refractivity contribution in [2.24, 2.45) is 23.7 Å². The van der Waals surface area contributed by atoms with E-state index in [0.29, 0.717) is 69.5 Å². The lowest BCUT2D eigenvalue weighted by Gasteiger charge is -2.24. The molecule has 2 unspecified atom stereocenters. The largest absolute Gasteiger partial charge is 0.494 e. The zero-order valence-corrected chi connectivity index (χ0v) is 48.8. The molecular formula is C64H80O19. The number of ether oxygens (including phenoxy) is 11. The first kappa shape index (κ1) is 69.0. The van der Waals surface area contributed by atoms with Crippen LogP contribution in [0.2, 0.25) is 0 Å². The minimum atomic E-state index is -0.689. The number of hydrogen-bond donors (Lipinski definition) is 0. The van der Waals surface area contributed by atoms with Crippen molar-refractivity contribution in [3.05, 3.63) is 132 Å². The van der Waals surface area contributed by atoms with E-state index in [1.165, 1.54) is 36.4 Å². The number of esters is 7. The van der Waals surface area contributed by atoms with Crippen molar-refractivity contribution in [2.45, 2.75) is 106 Å². The van der Waals surface area contributed by atoms with Gasteiger partial charge in [0, 0.05) is 25.9 Å². The SMILES string of the molecule is C=CC(=O)OCCCCOc1ccc(C(=O)Oc2ccc(OC(=O)C3CCC(C)CC3)c(C(=O)OCC(C)CC)c2)cc1.C=CC(=O)OCCCCOc1ccc(C(=O)Oc2ccc(OC=O)c(C(=O)OCC(C)CC)c2)cc1.CCOC. The standard InChI is InChI=1S/C34H42O9.C27H30O9.C3H8O/c1-5-23(3)22-41-34(38)29-21-28(17-18-30(29)43-33(37)25-11-9-24(4)10-12-25)42-32(36)26-13-15-27(16-14-26)39-19-7-8-20-40-31(35)6-2;1-4-19(3)17-34-27(31)23-16-22(12-13-24(23)35-18-28)36-26(30)20-8-10-21(11-9-20)32-14-6-7-15-33-25(29)5-2;1-3-4-2/h6,13-18,21,23-25H,2,5,7-12,19-20,22H2,1,3-4H3;5,8-13,16,18-19H,2,4,6-7,14-15,17H2,1,3H3;3H2,1-2H3. The molecule has 0 N–H and O–H groups in total. The molecule has 19 heteroatoms. The number of unbranched alkanes of at least 4 members (excludes halogenated alkanes) is 2. The van der Waals surface area contributed by atoms with Gasteiger partial charge in [0.25, 0.3) is 6.47 Å². The zero-order chi connectivity index (χ0) is 60.9. The normalized spacial score (nSPS) is 13.9. The summed E-state index contributed by atoms with van der Waals surface area (Å²) < 4.78 is 57.9. The minimum absolute atomic E-state index is 0.000630. The van der Waals surface area contributed by atoms with Crippen LogP contribution in [0.15, 0.2) is 110 Å². The van der Waals surface area contributed by atoms with Crippen LogP contribution in [0.3, 0.4) is 0 Å². The van der Waals surface area contributed by atoms with Gasteiger partial charge >= 0.3 is 41.8 Å². The Kier molecular flexibility index (Phi) is 32.5. The van der Waals surface area contributed by atoms with Crippen LogP contribution in [0.1, 0.15) is 147 Å². The van der Waals surface area contributed by atoms with Crippen molar-refractivity contribution in [1.29, 1.82) is 0 Å². The smallest absolute Gasteiger partial charge is 0.343 e. The van der Waals surface area contributed by atoms with Gasteiger partial charge in [0.15, 0.2) is 0 Å². The van der Waals surface area contributed by atoms with Crippen molar-refractivity contribution >= 4 is 48.3 Å². The molecule has 19 nitrogen and oxygen atoms in total. The monoisotopic (exact) mass is 1150 g/mol. The first-order chi connectivity index (χ1) is 40.0. The van der Waals surface area contributed by atoms with Crippen molar-refractivity contribution in [3.8, 4) is 34.5 Å². The van der Waals surface area contributed by atoms with Crippen LogP contribution in [0.5, 0.6) is 34.5 Å². The predicted octanol–water partition coefficient (Wildman–Crippen LogP) is 11.9. The summed E-state index contributed by atoms with van der Waals surface area (Å²) in [6.45, 7) is 21.5. The first-order valence-corrected chi connectivity index (χ1v) is 27.9. The lowest BCUT2D eigenvalue weighted by atomic mass is 9.83. The van der Waals surface area contributed by atoms with E-state index in [2.05, 4.69) is 24.8 Å². The zero-order valence-electron chi connectivity index (χ0n) is 48.8. The number of rotatable bonds is 31. The van der Waals surface area contributed by atoms with Gasteiger partial charge in [0.1, 0.15) is 45.6 Å². The highest BCUT2D eigenvalue weighted by Gasteiger charge is 2.28. The molecule has 0 heterocycles. The molecule has 450 valence electrons. The van der Waals surface area contributed by atoms with Gasteiger partial charge in [0.2, 0.25) is 0 Å². The van der Waals surface area contributed by atoms with Gasteiger partial charge in [-0.3, -0.25) is 9.59 Å². The maximum Gasteiger partial charge on any atom is 0.343 e. The molecule has 4 aromatic carbocycles. The molecule has 4 aromatic rings. The number of methoxy groups -OCH3 is 1. The fourth-order valence-electron chi connectivity index (χ4n) is 7.18. The summed E-state index contributed by atoms with van der Waals surface area (Å²) in [7, 11) is 1.68. The highest BCUT2D eigenvalue weighted by atomic mass is 16.6. The maximum atomic E-state index is 13.0. The predicted molar refractivity (Wildman–Crippen MR) is 308 cm³/mol.